The van der Waals surface area contributed by atoms with E-state index in [1.807, 2.05) is 0 Å². The van der Waals surface area contributed by atoms with Gasteiger partial charge in [0, 0.05) is 0 Å². The highest BCUT2D eigenvalue weighted by molar-refractivity contribution is 5.71. The van der Waals surface area contributed by atoms with Crippen LogP contribution in [0, 0.1) is 0 Å². The van der Waals surface area contributed by atoms with E-state index in [0.29, 0.717) is 11.8 Å². The van der Waals surface area contributed by atoms with Crippen LogP contribution in [-0.2, 0) is 0 Å². The van der Waals surface area contributed by atoms with Gasteiger partial charge in [0.1, 0.15) is 5.52 Å². The van der Waals surface area contributed by atoms with Gasteiger partial charge in [-0.2, -0.15) is 5.10 Å². The molecule has 2 aromatic rings. The van der Waals surface area contributed by atoms with E-state index in [-0.39, 0.29) is 11.3 Å². The predicted octanol–water partition coefficient (Wildman–Crippen LogP) is -0.165. The number of rotatable bonds is 1. The van der Waals surface area contributed by atoms with Crippen LogP contribution in [-0.4, -0.2) is 20.9 Å². The van der Waals surface area contributed by atoms with Crippen molar-refractivity contribution in [2.75, 3.05) is 0 Å². The summed E-state index contributed by atoms with van der Waals surface area (Å²) in [5.74, 6) is 0. The van der Waals surface area contributed by atoms with E-state index in [1.54, 1.807) is 6.07 Å². The highest BCUT2D eigenvalue weighted by atomic mass is 16.1. The molecule has 0 bridgehead atoms. The van der Waals surface area contributed by atoms with E-state index >= 15 is 0 Å². The Morgan fingerprint density at radius 3 is 3.17 bits per heavy atom. The molecule has 2 rings (SSSR count). The topological polar surface area (TPSA) is 67.2 Å². The van der Waals surface area contributed by atoms with E-state index in [0.717, 1.165) is 0 Å². The summed E-state index contributed by atoms with van der Waals surface area (Å²) >= 11 is 0. The molecular formula is C7H5N3O2. The molecule has 1 N–H and O–H groups in total. The van der Waals surface area contributed by atoms with Crippen LogP contribution in [0.3, 0.4) is 0 Å². The first-order valence-corrected chi connectivity index (χ1v) is 3.33. The van der Waals surface area contributed by atoms with Crippen LogP contribution in [0.1, 0.15) is 10.5 Å². The van der Waals surface area contributed by atoms with Crippen molar-refractivity contribution in [2.24, 2.45) is 0 Å². The summed E-state index contributed by atoms with van der Waals surface area (Å²) in [5, 5.41) is 3.83. The Labute approximate surface area is 66.6 Å². The number of nitrogens with zero attached hydrogens (tertiary/aromatic N) is 2. The van der Waals surface area contributed by atoms with Crippen molar-refractivity contribution in [3.05, 3.63) is 34.5 Å². The van der Waals surface area contributed by atoms with Crippen molar-refractivity contribution in [1.29, 1.82) is 0 Å². The normalized spacial score (nSPS) is 10.3. The van der Waals surface area contributed by atoms with Crippen molar-refractivity contribution >= 4 is 11.8 Å². The van der Waals surface area contributed by atoms with Crippen LogP contribution in [0.4, 0.5) is 0 Å². The van der Waals surface area contributed by atoms with Crippen molar-refractivity contribution < 1.29 is 4.79 Å². The first-order chi connectivity index (χ1) is 5.81. The van der Waals surface area contributed by atoms with Crippen LogP contribution in [0.5, 0.6) is 0 Å². The van der Waals surface area contributed by atoms with E-state index in [4.69, 9.17) is 0 Å². The van der Waals surface area contributed by atoms with E-state index in [1.165, 1.54) is 16.9 Å². The molecule has 12 heavy (non-hydrogen) atoms. The molecule has 0 aliphatic rings. The number of carbonyl (C=O) groups is 1. The number of hydrogen-bond acceptors (Lipinski definition) is 3. The van der Waals surface area contributed by atoms with Gasteiger partial charge >= 0.3 is 0 Å². The van der Waals surface area contributed by atoms with Gasteiger partial charge in [-0.3, -0.25) is 9.59 Å². The van der Waals surface area contributed by atoms with Gasteiger partial charge in [0.25, 0.3) is 5.56 Å². The zero-order chi connectivity index (χ0) is 8.55. The molecule has 60 valence electrons. The summed E-state index contributed by atoms with van der Waals surface area (Å²) in [6.45, 7) is 0. The van der Waals surface area contributed by atoms with Crippen LogP contribution in [0.2, 0.25) is 0 Å². The lowest BCUT2D eigenvalue weighted by molar-refractivity contribution is 0.111. The maximum atomic E-state index is 11.1. The number of carbonyl (C=O) groups excluding carboxylic acids is 1. The SMILES string of the molecule is O=Cc1cn2nccc2c(=O)[nH]1. The number of H-pyrrole nitrogens is 1. The Morgan fingerprint density at radius 2 is 2.42 bits per heavy atom. The number of hydrogen-bond donors (Lipinski definition) is 1. The van der Waals surface area contributed by atoms with Crippen molar-refractivity contribution in [3.63, 3.8) is 0 Å². The lowest BCUT2D eigenvalue weighted by Crippen LogP contribution is -2.12. The summed E-state index contributed by atoms with van der Waals surface area (Å²) in [5.41, 5.74) is 0.342. The van der Waals surface area contributed by atoms with Crippen LogP contribution in [0.15, 0.2) is 23.3 Å². The largest absolute Gasteiger partial charge is 0.317 e. The minimum Gasteiger partial charge on any atom is -0.317 e. The predicted molar refractivity (Wildman–Crippen MR) is 41.2 cm³/mol. The second-order valence-corrected chi connectivity index (χ2v) is 2.32. The van der Waals surface area contributed by atoms with E-state index in [9.17, 15) is 9.59 Å². The van der Waals surface area contributed by atoms with Crippen LogP contribution in [0.25, 0.3) is 5.52 Å². The van der Waals surface area contributed by atoms with Crippen LogP contribution < -0.4 is 5.56 Å². The second-order valence-electron chi connectivity index (χ2n) is 2.32. The average Bonchev–Trinajstić information content (AvgIpc) is 2.52. The zero-order valence-corrected chi connectivity index (χ0v) is 6.02. The Morgan fingerprint density at radius 1 is 1.58 bits per heavy atom. The minimum absolute atomic E-state index is 0.219. The summed E-state index contributed by atoms with van der Waals surface area (Å²) in [6, 6.07) is 1.58. The fourth-order valence-electron chi connectivity index (χ4n) is 1.02. The molecule has 2 aromatic heterocycles. The molecule has 0 saturated carbocycles. The quantitative estimate of drug-likeness (QED) is 0.594. The smallest absolute Gasteiger partial charge is 0.274 e. The molecule has 0 aliphatic heterocycles. The first kappa shape index (κ1) is 6.78. The molecule has 0 amide bonds. The summed E-state index contributed by atoms with van der Waals surface area (Å²) in [7, 11) is 0. The molecule has 0 saturated heterocycles. The highest BCUT2D eigenvalue weighted by Gasteiger charge is 1.99. The number of aromatic nitrogens is 3. The van der Waals surface area contributed by atoms with Gasteiger partial charge in [-0.15, -0.1) is 0 Å². The monoisotopic (exact) mass is 163 g/mol. The second kappa shape index (κ2) is 2.30. The highest BCUT2D eigenvalue weighted by Crippen LogP contribution is 1.93. The third-order valence-corrected chi connectivity index (χ3v) is 1.55. The lowest BCUT2D eigenvalue weighted by Gasteiger charge is -1.92. The maximum Gasteiger partial charge on any atom is 0.274 e. The number of aldehydes is 1. The number of aromatic amines is 1. The van der Waals surface area contributed by atoms with Gasteiger partial charge in [0.15, 0.2) is 6.29 Å². The molecule has 0 aromatic carbocycles. The van der Waals surface area contributed by atoms with Crippen molar-refractivity contribution in [2.45, 2.75) is 0 Å². The molecular weight excluding hydrogens is 158 g/mol. The minimum atomic E-state index is -0.308. The first-order valence-electron chi connectivity index (χ1n) is 3.33. The zero-order valence-electron chi connectivity index (χ0n) is 6.02. The van der Waals surface area contributed by atoms with Gasteiger partial charge in [-0.1, -0.05) is 0 Å². The van der Waals surface area contributed by atoms with Gasteiger partial charge in [-0.25, -0.2) is 4.52 Å². The molecule has 0 fully saturated rings. The summed E-state index contributed by atoms with van der Waals surface area (Å²) < 4.78 is 1.36. The van der Waals surface area contributed by atoms with E-state index < -0.39 is 0 Å². The molecule has 0 radical (unpaired) electrons. The lowest BCUT2D eigenvalue weighted by atomic mass is 10.4. The third kappa shape index (κ3) is 0.833. The standard InChI is InChI=1S/C7H5N3O2/c11-4-5-3-10-6(1-2-8-10)7(12)9-5/h1-4H,(H,9,12). The number of fused-ring (bicyclic) bond motifs is 1. The van der Waals surface area contributed by atoms with Gasteiger partial charge in [0.05, 0.1) is 18.1 Å². The van der Waals surface area contributed by atoms with Gasteiger partial charge in [-0.05, 0) is 6.07 Å². The third-order valence-electron chi connectivity index (χ3n) is 1.55. The van der Waals surface area contributed by atoms with Gasteiger partial charge < -0.3 is 4.98 Å². The van der Waals surface area contributed by atoms with Gasteiger partial charge in [0.2, 0.25) is 0 Å². The fraction of sp³-hybridized carbons (Fsp3) is 0. The molecule has 0 aliphatic carbocycles. The van der Waals surface area contributed by atoms with Crippen molar-refractivity contribution in [3.8, 4) is 0 Å². The fourth-order valence-corrected chi connectivity index (χ4v) is 1.02. The summed E-state index contributed by atoms with van der Waals surface area (Å²) in [4.78, 5) is 23.9. The Balaban J connectivity index is 2.93. The molecule has 0 atom stereocenters. The Bertz CT molecular complexity index is 483. The molecule has 0 spiro atoms. The van der Waals surface area contributed by atoms with E-state index in [2.05, 4.69) is 10.1 Å². The van der Waals surface area contributed by atoms with Crippen LogP contribution >= 0.6 is 0 Å². The average molecular weight is 163 g/mol. The Hall–Kier alpha value is -1.91. The molecule has 2 heterocycles. The van der Waals surface area contributed by atoms with Crippen molar-refractivity contribution in [1.82, 2.24) is 14.6 Å². The Kier molecular flexibility index (Phi) is 1.30. The maximum absolute atomic E-state index is 11.1. The molecule has 5 heteroatoms. The summed E-state index contributed by atoms with van der Waals surface area (Å²) in [6.07, 6.45) is 3.53. The number of nitrogens with one attached hydrogen (secondary N) is 1. The molecule has 5 nitrogen and oxygen atoms in total. The molecule has 0 unspecified atom stereocenters.